The summed E-state index contributed by atoms with van der Waals surface area (Å²) in [4.78, 5) is 19.5. The average Bonchev–Trinajstić information content (AvgIpc) is 3.46. The molecule has 5 aromatic rings. The van der Waals surface area contributed by atoms with Gasteiger partial charge in [0.25, 0.3) is 5.91 Å². The van der Waals surface area contributed by atoms with Gasteiger partial charge in [0.05, 0.1) is 35.7 Å². The van der Waals surface area contributed by atoms with Gasteiger partial charge in [-0.3, -0.25) is 19.6 Å². The number of nitrogens with zero attached hydrogens (tertiary/aromatic N) is 5. The molecule has 0 aliphatic carbocycles. The van der Waals surface area contributed by atoms with E-state index in [1.54, 1.807) is 28.8 Å². The van der Waals surface area contributed by atoms with Gasteiger partial charge in [-0.1, -0.05) is 11.8 Å². The molecule has 4 aromatic heterocycles. The molecular weight excluding hydrogens is 410 g/mol. The zero-order valence-electron chi connectivity index (χ0n) is 17.4. The van der Waals surface area contributed by atoms with E-state index in [0.29, 0.717) is 12.2 Å². The topological polar surface area (TPSA) is 93.4 Å². The van der Waals surface area contributed by atoms with E-state index < -0.39 is 0 Å². The molecule has 0 unspecified atom stereocenters. The first-order valence-corrected chi connectivity index (χ1v) is 10.6. The molecule has 4 heterocycles. The molecule has 0 spiro atoms. The Morgan fingerprint density at radius 1 is 1.16 bits per heavy atom. The van der Waals surface area contributed by atoms with E-state index in [4.69, 9.17) is 0 Å². The van der Waals surface area contributed by atoms with E-state index in [2.05, 4.69) is 37.7 Å². The molecule has 1 aromatic carbocycles. The molecule has 1 amide bonds. The van der Waals surface area contributed by atoms with E-state index in [1.807, 2.05) is 50.0 Å². The van der Waals surface area contributed by atoms with Crippen LogP contribution in [0.5, 0.6) is 0 Å². The highest BCUT2D eigenvalue weighted by atomic mass is 32.2. The lowest BCUT2D eigenvalue weighted by molar-refractivity contribution is 0.0942. The number of carbonyl (C=O) groups excluding carboxylic acids is 1. The molecule has 0 aliphatic rings. The molecule has 8 nitrogen and oxygen atoms in total. The highest BCUT2D eigenvalue weighted by Gasteiger charge is 2.17. The standard InChI is InChI=1S/C22H21N7OS/c1-13-20(31-16-4-5-17-15(8-16)10-25-27-17)9-19(28(13)2)22(30)24-12-18-21-14(6-7-23-18)11-26-29(21)3/h4-11H,12H2,1-3H3,(H,24,30)(H,25,27). The molecule has 0 aliphatic heterocycles. The van der Waals surface area contributed by atoms with Crippen molar-refractivity contribution >= 4 is 39.5 Å². The smallest absolute Gasteiger partial charge is 0.268 e. The van der Waals surface area contributed by atoms with Crippen LogP contribution >= 0.6 is 11.8 Å². The number of H-pyrrole nitrogens is 1. The average molecular weight is 432 g/mol. The van der Waals surface area contributed by atoms with Crippen LogP contribution in [0.2, 0.25) is 0 Å². The molecule has 9 heteroatoms. The lowest BCUT2D eigenvalue weighted by Crippen LogP contribution is -2.25. The first-order valence-electron chi connectivity index (χ1n) is 9.82. The van der Waals surface area contributed by atoms with Gasteiger partial charge in [-0.2, -0.15) is 10.2 Å². The number of hydrogen-bond donors (Lipinski definition) is 2. The summed E-state index contributed by atoms with van der Waals surface area (Å²) >= 11 is 1.64. The summed E-state index contributed by atoms with van der Waals surface area (Å²) in [5.41, 5.74) is 4.37. The molecule has 0 saturated heterocycles. The first-order chi connectivity index (χ1) is 15.0. The maximum absolute atomic E-state index is 13.0. The number of hydrogen-bond acceptors (Lipinski definition) is 5. The van der Waals surface area contributed by atoms with Crippen molar-refractivity contribution in [2.24, 2.45) is 14.1 Å². The molecule has 5 rings (SSSR count). The Hall–Kier alpha value is -3.59. The van der Waals surface area contributed by atoms with Crippen LogP contribution in [0, 0.1) is 6.92 Å². The lowest BCUT2D eigenvalue weighted by atomic mass is 10.2. The molecular formula is C22H21N7OS. The van der Waals surface area contributed by atoms with Gasteiger partial charge in [-0.25, -0.2) is 0 Å². The summed E-state index contributed by atoms with van der Waals surface area (Å²) in [6, 6.07) is 10.0. The molecule has 0 radical (unpaired) electrons. The van der Waals surface area contributed by atoms with E-state index in [0.717, 1.165) is 43.0 Å². The number of rotatable bonds is 5. The fourth-order valence-corrected chi connectivity index (χ4v) is 4.72. The van der Waals surface area contributed by atoms with Gasteiger partial charge in [0, 0.05) is 46.5 Å². The number of aromatic amines is 1. The van der Waals surface area contributed by atoms with E-state index in [9.17, 15) is 4.79 Å². The Kier molecular flexibility index (Phi) is 4.74. The minimum Gasteiger partial charge on any atom is -0.345 e. The van der Waals surface area contributed by atoms with Gasteiger partial charge in [-0.05, 0) is 37.3 Å². The summed E-state index contributed by atoms with van der Waals surface area (Å²) < 4.78 is 3.70. The summed E-state index contributed by atoms with van der Waals surface area (Å²) in [6.07, 6.45) is 5.35. The maximum Gasteiger partial charge on any atom is 0.268 e. The van der Waals surface area contributed by atoms with Crippen LogP contribution in [0.4, 0.5) is 0 Å². The number of nitrogens with one attached hydrogen (secondary N) is 2. The minimum absolute atomic E-state index is 0.135. The van der Waals surface area contributed by atoms with Crippen molar-refractivity contribution in [3.05, 3.63) is 66.0 Å². The summed E-state index contributed by atoms with van der Waals surface area (Å²) in [5.74, 6) is -0.135. The normalized spacial score (nSPS) is 11.5. The van der Waals surface area contributed by atoms with Gasteiger partial charge in [0.2, 0.25) is 0 Å². The predicted octanol–water partition coefficient (Wildman–Crippen LogP) is 3.57. The summed E-state index contributed by atoms with van der Waals surface area (Å²) in [6.45, 7) is 2.35. The molecule has 0 saturated carbocycles. The lowest BCUT2D eigenvalue weighted by Gasteiger charge is -2.08. The fourth-order valence-electron chi connectivity index (χ4n) is 3.69. The van der Waals surface area contributed by atoms with Crippen molar-refractivity contribution < 1.29 is 4.79 Å². The highest BCUT2D eigenvalue weighted by Crippen LogP contribution is 2.33. The Labute approximate surface area is 182 Å². The summed E-state index contributed by atoms with van der Waals surface area (Å²) in [7, 11) is 3.79. The number of amides is 1. The molecule has 0 bridgehead atoms. The van der Waals surface area contributed by atoms with Crippen LogP contribution in [0.3, 0.4) is 0 Å². The quantitative estimate of drug-likeness (QED) is 0.444. The van der Waals surface area contributed by atoms with Crippen molar-refractivity contribution in [1.29, 1.82) is 0 Å². The van der Waals surface area contributed by atoms with Crippen LogP contribution in [0.1, 0.15) is 21.9 Å². The van der Waals surface area contributed by atoms with Gasteiger partial charge in [0.1, 0.15) is 5.69 Å². The second-order valence-corrected chi connectivity index (χ2v) is 8.52. The SMILES string of the molecule is Cc1c(Sc2ccc3[nH]ncc3c2)cc(C(=O)NCc2nccc3cnn(C)c23)n1C. The van der Waals surface area contributed by atoms with Gasteiger partial charge in [-0.15, -0.1) is 0 Å². The fraction of sp³-hybridized carbons (Fsp3) is 0.182. The van der Waals surface area contributed by atoms with Crippen molar-refractivity contribution in [2.75, 3.05) is 0 Å². The molecule has 0 fully saturated rings. The summed E-state index contributed by atoms with van der Waals surface area (Å²) in [5, 5.41) is 16.4. The first kappa shape index (κ1) is 19.4. The number of carbonyl (C=O) groups is 1. The van der Waals surface area contributed by atoms with Crippen LogP contribution in [0.15, 0.2) is 58.7 Å². The van der Waals surface area contributed by atoms with Crippen molar-refractivity contribution in [1.82, 2.24) is 34.8 Å². The Balaban J connectivity index is 1.36. The third-order valence-corrected chi connectivity index (χ3v) is 6.63. The van der Waals surface area contributed by atoms with Gasteiger partial charge >= 0.3 is 0 Å². The van der Waals surface area contributed by atoms with Crippen molar-refractivity contribution in [3.8, 4) is 0 Å². The van der Waals surface area contributed by atoms with Crippen LogP contribution in [0.25, 0.3) is 21.8 Å². The Bertz CT molecular complexity index is 1430. The number of fused-ring (bicyclic) bond motifs is 2. The Morgan fingerprint density at radius 3 is 2.90 bits per heavy atom. The number of aromatic nitrogens is 6. The van der Waals surface area contributed by atoms with Crippen LogP contribution in [-0.4, -0.2) is 35.4 Å². The van der Waals surface area contributed by atoms with Crippen LogP contribution < -0.4 is 5.32 Å². The number of benzene rings is 1. The predicted molar refractivity (Wildman–Crippen MR) is 120 cm³/mol. The second-order valence-electron chi connectivity index (χ2n) is 7.41. The molecule has 0 atom stereocenters. The van der Waals surface area contributed by atoms with E-state index in [-0.39, 0.29) is 5.91 Å². The molecule has 2 N–H and O–H groups in total. The van der Waals surface area contributed by atoms with E-state index >= 15 is 0 Å². The Morgan fingerprint density at radius 2 is 2.03 bits per heavy atom. The number of pyridine rings is 1. The third-order valence-electron chi connectivity index (χ3n) is 5.50. The monoisotopic (exact) mass is 431 g/mol. The highest BCUT2D eigenvalue weighted by molar-refractivity contribution is 7.99. The largest absolute Gasteiger partial charge is 0.345 e. The zero-order valence-corrected chi connectivity index (χ0v) is 18.2. The van der Waals surface area contributed by atoms with Crippen molar-refractivity contribution in [3.63, 3.8) is 0 Å². The minimum atomic E-state index is -0.135. The van der Waals surface area contributed by atoms with Gasteiger partial charge in [0.15, 0.2) is 0 Å². The maximum atomic E-state index is 13.0. The number of aryl methyl sites for hydroxylation is 1. The van der Waals surface area contributed by atoms with E-state index in [1.165, 1.54) is 0 Å². The van der Waals surface area contributed by atoms with Crippen molar-refractivity contribution in [2.45, 2.75) is 23.3 Å². The van der Waals surface area contributed by atoms with Gasteiger partial charge < -0.3 is 9.88 Å². The van der Waals surface area contributed by atoms with Crippen LogP contribution in [-0.2, 0) is 20.6 Å². The molecule has 31 heavy (non-hydrogen) atoms. The second kappa shape index (κ2) is 7.59. The zero-order chi connectivity index (χ0) is 21.5. The third kappa shape index (κ3) is 3.46. The molecule has 156 valence electrons.